The maximum atomic E-state index is 12.3. The van der Waals surface area contributed by atoms with Crippen LogP contribution in [0.5, 0.6) is 0 Å². The lowest BCUT2D eigenvalue weighted by Crippen LogP contribution is -2.44. The van der Waals surface area contributed by atoms with Crippen molar-refractivity contribution in [1.29, 1.82) is 0 Å². The van der Waals surface area contributed by atoms with Gasteiger partial charge in [-0.15, -0.1) is 0 Å². The van der Waals surface area contributed by atoms with Gasteiger partial charge in [0.1, 0.15) is 6.54 Å². The summed E-state index contributed by atoms with van der Waals surface area (Å²) < 4.78 is 4.48. The maximum absolute atomic E-state index is 12.3. The van der Waals surface area contributed by atoms with Crippen LogP contribution in [0.25, 0.3) is 0 Å². The Hall–Kier alpha value is -2.44. The molecule has 1 atom stereocenters. The molecule has 0 aromatic carbocycles. The zero-order chi connectivity index (χ0) is 15.4. The van der Waals surface area contributed by atoms with Gasteiger partial charge in [-0.1, -0.05) is 6.07 Å². The fourth-order valence-corrected chi connectivity index (χ4v) is 2.28. The molecule has 7 heteroatoms. The standard InChI is InChI=1S/C14H17N3O4/c1-9(18)17-7-10-4-3-5-15-13(10)11(8-17)14(20)16-6-12(19)21-2/h3-5,11H,6-8H2,1-2H3,(H,16,20). The van der Waals surface area contributed by atoms with Crippen LogP contribution in [-0.4, -0.2) is 47.9 Å². The Bertz CT molecular complexity index is 573. The highest BCUT2D eigenvalue weighted by Crippen LogP contribution is 2.26. The summed E-state index contributed by atoms with van der Waals surface area (Å²) in [6, 6.07) is 3.61. The normalized spacial score (nSPS) is 16.9. The van der Waals surface area contributed by atoms with Gasteiger partial charge in [0.05, 0.1) is 18.7 Å². The molecule has 1 aromatic heterocycles. The van der Waals surface area contributed by atoms with Crippen molar-refractivity contribution in [3.63, 3.8) is 0 Å². The van der Waals surface area contributed by atoms with Gasteiger partial charge in [-0.05, 0) is 11.6 Å². The lowest BCUT2D eigenvalue weighted by Gasteiger charge is -2.32. The van der Waals surface area contributed by atoms with E-state index in [1.165, 1.54) is 14.0 Å². The van der Waals surface area contributed by atoms with Crippen molar-refractivity contribution in [2.24, 2.45) is 0 Å². The Labute approximate surface area is 122 Å². The predicted octanol–water partition coefficient (Wildman–Crippen LogP) is -0.183. The summed E-state index contributed by atoms with van der Waals surface area (Å²) in [6.07, 6.45) is 1.61. The fraction of sp³-hybridized carbons (Fsp3) is 0.429. The van der Waals surface area contributed by atoms with E-state index in [0.717, 1.165) is 5.56 Å². The Kier molecular flexibility index (Phi) is 4.52. The molecule has 0 fully saturated rings. The first kappa shape index (κ1) is 15.0. The number of amides is 2. The Morgan fingerprint density at radius 2 is 2.24 bits per heavy atom. The van der Waals surface area contributed by atoms with Gasteiger partial charge in [-0.25, -0.2) is 0 Å². The molecule has 1 N–H and O–H groups in total. The molecule has 2 rings (SSSR count). The van der Waals surface area contributed by atoms with Gasteiger partial charge < -0.3 is 15.0 Å². The number of hydrogen-bond acceptors (Lipinski definition) is 5. The number of carbonyl (C=O) groups is 3. The smallest absolute Gasteiger partial charge is 0.325 e. The molecule has 0 bridgehead atoms. The van der Waals surface area contributed by atoms with Crippen LogP contribution in [0.4, 0.5) is 0 Å². The second kappa shape index (κ2) is 6.34. The maximum Gasteiger partial charge on any atom is 0.325 e. The van der Waals surface area contributed by atoms with E-state index < -0.39 is 11.9 Å². The molecule has 1 aromatic rings. The zero-order valence-electron chi connectivity index (χ0n) is 12.0. The predicted molar refractivity (Wildman–Crippen MR) is 73.1 cm³/mol. The molecule has 0 radical (unpaired) electrons. The minimum atomic E-state index is -0.580. The van der Waals surface area contributed by atoms with Gasteiger partial charge in [0.25, 0.3) is 0 Å². The molecule has 21 heavy (non-hydrogen) atoms. The van der Waals surface area contributed by atoms with Gasteiger partial charge in [0, 0.05) is 26.2 Å². The summed E-state index contributed by atoms with van der Waals surface area (Å²) in [5.41, 5.74) is 1.49. The van der Waals surface area contributed by atoms with Crippen molar-refractivity contribution in [3.8, 4) is 0 Å². The first-order valence-corrected chi connectivity index (χ1v) is 6.56. The summed E-state index contributed by atoms with van der Waals surface area (Å²) >= 11 is 0. The zero-order valence-corrected chi connectivity index (χ0v) is 12.0. The molecule has 112 valence electrons. The molecular weight excluding hydrogens is 274 g/mol. The third kappa shape index (κ3) is 3.36. The van der Waals surface area contributed by atoms with Gasteiger partial charge in [-0.3, -0.25) is 19.4 Å². The average Bonchev–Trinajstić information content (AvgIpc) is 2.50. The molecule has 2 amide bonds. The molecule has 0 spiro atoms. The van der Waals surface area contributed by atoms with E-state index in [0.29, 0.717) is 12.2 Å². The van der Waals surface area contributed by atoms with Crippen LogP contribution in [0.15, 0.2) is 18.3 Å². The van der Waals surface area contributed by atoms with E-state index in [1.807, 2.05) is 6.07 Å². The van der Waals surface area contributed by atoms with Crippen molar-refractivity contribution in [2.75, 3.05) is 20.2 Å². The minimum absolute atomic E-state index is 0.102. The quantitative estimate of drug-likeness (QED) is 0.780. The lowest BCUT2D eigenvalue weighted by atomic mass is 9.94. The molecule has 1 unspecified atom stereocenters. The van der Waals surface area contributed by atoms with E-state index in [1.54, 1.807) is 17.2 Å². The van der Waals surface area contributed by atoms with Gasteiger partial charge in [-0.2, -0.15) is 0 Å². The second-order valence-corrected chi connectivity index (χ2v) is 4.79. The van der Waals surface area contributed by atoms with E-state index in [-0.39, 0.29) is 24.9 Å². The van der Waals surface area contributed by atoms with E-state index in [9.17, 15) is 14.4 Å². The minimum Gasteiger partial charge on any atom is -0.468 e. The van der Waals surface area contributed by atoms with Crippen LogP contribution >= 0.6 is 0 Å². The topological polar surface area (TPSA) is 88.6 Å². The number of nitrogens with one attached hydrogen (secondary N) is 1. The first-order chi connectivity index (χ1) is 10.0. The van der Waals surface area contributed by atoms with E-state index in [4.69, 9.17) is 0 Å². The molecular formula is C14H17N3O4. The number of fused-ring (bicyclic) bond motifs is 1. The third-order valence-electron chi connectivity index (χ3n) is 3.42. The summed E-state index contributed by atoms with van der Waals surface area (Å²) in [6.45, 7) is 1.96. The lowest BCUT2D eigenvalue weighted by molar-refractivity contribution is -0.141. The van der Waals surface area contributed by atoms with Crippen LogP contribution in [0.2, 0.25) is 0 Å². The SMILES string of the molecule is COC(=O)CNC(=O)C1CN(C(C)=O)Cc2cccnc21. The number of esters is 1. The summed E-state index contributed by atoms with van der Waals surface area (Å²) in [5.74, 6) is -1.55. The monoisotopic (exact) mass is 291 g/mol. The number of methoxy groups -OCH3 is 1. The van der Waals surface area contributed by atoms with Crippen LogP contribution in [-0.2, 0) is 25.7 Å². The van der Waals surface area contributed by atoms with Gasteiger partial charge in [0.2, 0.25) is 11.8 Å². The third-order valence-corrected chi connectivity index (χ3v) is 3.42. The van der Waals surface area contributed by atoms with Crippen molar-refractivity contribution < 1.29 is 19.1 Å². The summed E-state index contributed by atoms with van der Waals surface area (Å²) in [5, 5.41) is 2.51. The molecule has 0 aliphatic carbocycles. The Morgan fingerprint density at radius 3 is 2.90 bits per heavy atom. The number of nitrogens with zero attached hydrogens (tertiary/aromatic N) is 2. The average molecular weight is 291 g/mol. The molecule has 2 heterocycles. The molecule has 1 aliphatic rings. The highest BCUT2D eigenvalue weighted by Gasteiger charge is 2.32. The number of pyridine rings is 1. The second-order valence-electron chi connectivity index (χ2n) is 4.79. The number of hydrogen-bond donors (Lipinski definition) is 1. The number of aromatic nitrogens is 1. The fourth-order valence-electron chi connectivity index (χ4n) is 2.28. The van der Waals surface area contributed by atoms with Crippen LogP contribution < -0.4 is 5.32 Å². The van der Waals surface area contributed by atoms with Crippen molar-refractivity contribution in [3.05, 3.63) is 29.6 Å². The van der Waals surface area contributed by atoms with E-state index >= 15 is 0 Å². The van der Waals surface area contributed by atoms with Crippen molar-refractivity contribution in [2.45, 2.75) is 19.4 Å². The Balaban J connectivity index is 2.19. The summed E-state index contributed by atoms with van der Waals surface area (Å²) in [7, 11) is 1.25. The highest BCUT2D eigenvalue weighted by atomic mass is 16.5. The highest BCUT2D eigenvalue weighted by molar-refractivity contribution is 5.88. The molecule has 0 saturated heterocycles. The van der Waals surface area contributed by atoms with Gasteiger partial charge in [0.15, 0.2) is 0 Å². The molecule has 1 aliphatic heterocycles. The molecule has 7 nitrogen and oxygen atoms in total. The largest absolute Gasteiger partial charge is 0.468 e. The van der Waals surface area contributed by atoms with Gasteiger partial charge >= 0.3 is 5.97 Å². The first-order valence-electron chi connectivity index (χ1n) is 6.56. The number of carbonyl (C=O) groups excluding carboxylic acids is 3. The number of rotatable bonds is 3. The molecule has 0 saturated carbocycles. The van der Waals surface area contributed by atoms with E-state index in [2.05, 4.69) is 15.0 Å². The van der Waals surface area contributed by atoms with Crippen LogP contribution in [0, 0.1) is 0 Å². The van der Waals surface area contributed by atoms with Crippen LogP contribution in [0.1, 0.15) is 24.1 Å². The summed E-state index contributed by atoms with van der Waals surface area (Å²) in [4.78, 5) is 40.8. The van der Waals surface area contributed by atoms with Crippen molar-refractivity contribution >= 4 is 17.8 Å². The Morgan fingerprint density at radius 1 is 1.48 bits per heavy atom. The number of ether oxygens (including phenoxy) is 1. The van der Waals surface area contributed by atoms with Crippen molar-refractivity contribution in [1.82, 2.24) is 15.2 Å². The van der Waals surface area contributed by atoms with Crippen LogP contribution in [0.3, 0.4) is 0 Å².